The van der Waals surface area contributed by atoms with Gasteiger partial charge in [0.1, 0.15) is 52.5 Å². The summed E-state index contributed by atoms with van der Waals surface area (Å²) in [5.74, 6) is 10.1. The van der Waals surface area contributed by atoms with Crippen molar-refractivity contribution < 1.29 is 38.0 Å². The molecule has 6 fully saturated rings. The van der Waals surface area contributed by atoms with Crippen LogP contribution in [0.15, 0.2) is 234 Å². The van der Waals surface area contributed by atoms with E-state index in [2.05, 4.69) is 151 Å². The quantitative estimate of drug-likeness (QED) is 0.0342. The Morgan fingerprint density at radius 1 is 0.545 bits per heavy atom. The molecular formula is C85H94Cl4O8S4+4. The monoisotopic (exact) mass is 1510 g/mol. The van der Waals surface area contributed by atoms with E-state index in [4.69, 9.17) is 74.8 Å². The van der Waals surface area contributed by atoms with E-state index >= 15 is 0 Å². The fraction of sp³-hybridized carbons (Fsp3) is 0.365. The van der Waals surface area contributed by atoms with Gasteiger partial charge in [-0.05, 0) is 179 Å². The number of fused-ring (bicyclic) bond motifs is 1. The van der Waals surface area contributed by atoms with Crippen molar-refractivity contribution in [3.63, 3.8) is 0 Å². The Hall–Kier alpha value is -5.74. The van der Waals surface area contributed by atoms with Gasteiger partial charge in [0.2, 0.25) is 5.78 Å². The number of hydrogen-bond acceptors (Lipinski definition) is 8. The van der Waals surface area contributed by atoms with Gasteiger partial charge in [-0.2, -0.15) is 0 Å². The van der Waals surface area contributed by atoms with Crippen LogP contribution >= 0.6 is 46.4 Å². The number of aryl methyl sites for hydroxylation is 2. The molecule has 2 aliphatic heterocycles. The van der Waals surface area contributed by atoms with Gasteiger partial charge in [0, 0.05) is 107 Å². The zero-order valence-electron chi connectivity index (χ0n) is 59.2. The summed E-state index contributed by atoms with van der Waals surface area (Å²) in [6, 6.07) is 67.5. The first-order valence-electron chi connectivity index (χ1n) is 35.0. The van der Waals surface area contributed by atoms with Crippen LogP contribution in [0.2, 0.25) is 20.1 Å². The summed E-state index contributed by atoms with van der Waals surface area (Å²) in [7, 11) is 3.25. The molecule has 0 aromatic heterocycles. The van der Waals surface area contributed by atoms with Gasteiger partial charge < -0.3 is 28.4 Å². The van der Waals surface area contributed by atoms with E-state index < -0.39 is 10.9 Å². The average Bonchev–Trinajstić information content (AvgIpc) is 1.48. The number of carbonyl (C=O) groups is 2. The lowest BCUT2D eigenvalue weighted by molar-refractivity contribution is -0.204. The fourth-order valence-corrected chi connectivity index (χ4v) is 26.2. The van der Waals surface area contributed by atoms with Crippen LogP contribution in [0.25, 0.3) is 10.8 Å². The van der Waals surface area contributed by atoms with Gasteiger partial charge in [-0.1, -0.05) is 152 Å². The first-order valence-corrected chi connectivity index (χ1v) is 42.2. The van der Waals surface area contributed by atoms with E-state index in [0.717, 1.165) is 85.2 Å². The van der Waals surface area contributed by atoms with Crippen molar-refractivity contribution in [1.29, 1.82) is 0 Å². The zero-order valence-corrected chi connectivity index (χ0v) is 65.5. The summed E-state index contributed by atoms with van der Waals surface area (Å²) in [5, 5.41) is 5.05. The first-order chi connectivity index (χ1) is 48.8. The molecule has 4 aliphatic carbocycles. The van der Waals surface area contributed by atoms with Gasteiger partial charge >= 0.3 is 5.97 Å². The van der Waals surface area contributed by atoms with Gasteiger partial charge in [0.25, 0.3) is 0 Å². The average molecular weight is 1510 g/mol. The van der Waals surface area contributed by atoms with E-state index in [-0.39, 0.29) is 50.6 Å². The van der Waals surface area contributed by atoms with Crippen molar-refractivity contribution in [2.24, 2.45) is 29.1 Å². The molecule has 4 bridgehead atoms. The molecule has 6 aliphatic rings. The Balaban J connectivity index is 0.000000141. The second-order valence-corrected chi connectivity index (χ2v) is 38.3. The Bertz CT molecular complexity index is 4020. The third-order valence-electron chi connectivity index (χ3n) is 19.6. The molecule has 1 unspecified atom stereocenters. The van der Waals surface area contributed by atoms with Crippen molar-refractivity contribution in [3.05, 3.63) is 237 Å². The van der Waals surface area contributed by atoms with E-state index in [1.165, 1.54) is 86.8 Å². The number of ether oxygens (including phenoxy) is 6. The smallest absolute Gasteiger partial charge is 0.344 e. The highest BCUT2D eigenvalue weighted by atomic mass is 35.5. The fourth-order valence-electron chi connectivity index (χ4n) is 15.2. The summed E-state index contributed by atoms with van der Waals surface area (Å²) in [6.07, 6.45) is 9.05. The Labute approximate surface area is 630 Å². The van der Waals surface area contributed by atoms with Crippen molar-refractivity contribution >= 4 is 113 Å². The highest BCUT2D eigenvalue weighted by molar-refractivity contribution is 7.98. The summed E-state index contributed by atoms with van der Waals surface area (Å²) < 4.78 is 34.0. The molecule has 0 spiro atoms. The minimum Gasteiger partial charge on any atom is -0.497 e. The number of rotatable bonds is 19. The minimum absolute atomic E-state index is 0.00732. The van der Waals surface area contributed by atoms with E-state index in [9.17, 15) is 9.59 Å². The molecule has 4 saturated carbocycles. The third kappa shape index (κ3) is 19.6. The van der Waals surface area contributed by atoms with Gasteiger partial charge in [0.15, 0.2) is 46.1 Å². The molecule has 101 heavy (non-hydrogen) atoms. The summed E-state index contributed by atoms with van der Waals surface area (Å²) in [6.45, 7) is 15.7. The number of Topliss-reactive ketones (excluding diaryl/α,β-unsaturated/α-hetero) is 1. The Kier molecular flexibility index (Phi) is 27.1. The summed E-state index contributed by atoms with van der Waals surface area (Å²) in [5.41, 5.74) is 2.64. The van der Waals surface area contributed by atoms with Crippen molar-refractivity contribution in [2.45, 2.75) is 132 Å². The predicted molar refractivity (Wildman–Crippen MR) is 424 cm³/mol. The standard InChI is InChI=1S/C33H37O3S.C19H13Cl4OS.C17H21O2S.C16H23O2S/c1-22-14-30(37(28-10-6-4-7-11-28)29-12-8-5-9-13-29)15-23(2)32(22)35-21-31(34)36-33(3)26-17-24-16-25(19-26)20-27(33)18-24;1-24-16-2-4-17(5-3-16)25(18-8-12(20)6-13(21)9-18)19-10-14(22)7-15(23)11-19;1-18-10-11-19-16-8-9-17(20-12-4-5-13-20)15-7-3-2-6-14(15)16;1-16(2,3)15(19-11-9-18-10-12-19)14(17)13-7-5-4-6-8-13/h4-15,24-27H,16-21H2,1-3H3;2-11H,1H3;2-3,6-9H,4-5,10-13H2,1H3;4-8,15H,9-12H2,1-3H3/q4*+1. The molecule has 2 heterocycles. The summed E-state index contributed by atoms with van der Waals surface area (Å²) >= 11 is 24.9. The van der Waals surface area contributed by atoms with E-state index in [1.807, 2.05) is 78.9 Å². The van der Waals surface area contributed by atoms with Crippen molar-refractivity contribution in [2.75, 3.05) is 70.3 Å². The second kappa shape index (κ2) is 35.8. The molecular weight excluding hydrogens is 1420 g/mol. The SMILES string of the molecule is CC(C)(C)C(C(=O)c1ccccc1)[S+]1CCOCC1.COCCOc1ccc([S+]2CCCC2)c2ccccc12.COc1ccc([S+](c2cc(Cl)cc(Cl)c2)c2cc(Cl)cc(Cl)c2)cc1.Cc1cc([S+](c2ccccc2)c2ccccc2)cc(C)c1OCC(=O)OC1(C)C2CC3CC(C2)CC1C3. The highest BCUT2D eigenvalue weighted by Crippen LogP contribution is 2.59. The molecule has 0 radical (unpaired) electrons. The zero-order chi connectivity index (χ0) is 71.2. The third-order valence-corrected chi connectivity index (χ3v) is 30.4. The van der Waals surface area contributed by atoms with Gasteiger partial charge in [-0.3, -0.25) is 4.79 Å². The number of halogens is 4. The van der Waals surface area contributed by atoms with E-state index in [1.54, 1.807) is 26.4 Å². The van der Waals surface area contributed by atoms with Gasteiger partial charge in [-0.15, -0.1) is 0 Å². The minimum atomic E-state index is -0.459. The van der Waals surface area contributed by atoms with Crippen LogP contribution in [0.4, 0.5) is 0 Å². The maximum absolute atomic E-state index is 13.0. The molecule has 0 N–H and O–H groups in total. The lowest BCUT2D eigenvalue weighted by Gasteiger charge is -2.59. The van der Waals surface area contributed by atoms with Crippen molar-refractivity contribution in [1.82, 2.24) is 0 Å². The lowest BCUT2D eigenvalue weighted by Crippen LogP contribution is -2.58. The van der Waals surface area contributed by atoms with Gasteiger partial charge in [-0.25, -0.2) is 4.79 Å². The highest BCUT2D eigenvalue weighted by Gasteiger charge is 2.57. The number of methoxy groups -OCH3 is 2. The molecule has 9 aromatic carbocycles. The van der Waals surface area contributed by atoms with Gasteiger partial charge in [0.05, 0.1) is 48.7 Å². The maximum Gasteiger partial charge on any atom is 0.344 e. The molecule has 530 valence electrons. The Morgan fingerprint density at radius 3 is 1.52 bits per heavy atom. The Morgan fingerprint density at radius 2 is 1.02 bits per heavy atom. The van der Waals surface area contributed by atoms with Crippen LogP contribution < -0.4 is 14.2 Å². The molecule has 16 heteroatoms. The van der Waals surface area contributed by atoms with Crippen LogP contribution in [-0.2, 0) is 62.6 Å². The van der Waals surface area contributed by atoms with Crippen LogP contribution in [0.3, 0.4) is 0 Å². The van der Waals surface area contributed by atoms with Crippen LogP contribution in [-0.4, -0.2) is 92.9 Å². The largest absolute Gasteiger partial charge is 0.497 e. The molecule has 9 aromatic rings. The van der Waals surface area contributed by atoms with Crippen LogP contribution in [0.5, 0.6) is 17.2 Å². The summed E-state index contributed by atoms with van der Waals surface area (Å²) in [4.78, 5) is 34.3. The molecule has 15 rings (SSSR count). The number of benzene rings is 9. The first kappa shape index (κ1) is 76.4. The second-order valence-electron chi connectivity index (χ2n) is 27.9. The number of ketones is 1. The van der Waals surface area contributed by atoms with Crippen molar-refractivity contribution in [3.8, 4) is 17.2 Å². The van der Waals surface area contributed by atoms with Crippen LogP contribution in [0, 0.1) is 42.9 Å². The normalized spacial score (nSPS) is 19.7. The maximum atomic E-state index is 13.0. The van der Waals surface area contributed by atoms with Crippen LogP contribution in [0.1, 0.15) is 94.1 Å². The number of esters is 1. The molecule has 2 saturated heterocycles. The molecule has 8 nitrogen and oxygen atoms in total. The lowest BCUT2D eigenvalue weighted by atomic mass is 9.50. The molecule has 0 amide bonds. The van der Waals surface area contributed by atoms with E-state index in [0.29, 0.717) is 61.8 Å². The number of hydrogen-bond donors (Lipinski definition) is 0. The molecule has 1 atom stereocenters. The predicted octanol–water partition coefficient (Wildman–Crippen LogP) is 21.5. The topological polar surface area (TPSA) is 89.5 Å². The number of carbonyl (C=O) groups excluding carboxylic acids is 2.